The molecule has 0 radical (unpaired) electrons. The zero-order chi connectivity index (χ0) is 16.9. The molecule has 1 aromatic heterocycles. The van der Waals surface area contributed by atoms with E-state index in [9.17, 15) is 9.59 Å². The van der Waals surface area contributed by atoms with E-state index in [-0.39, 0.29) is 23.3 Å². The van der Waals surface area contributed by atoms with Crippen LogP contribution in [0.3, 0.4) is 0 Å². The largest absolute Gasteiger partial charge is 0.490 e. The summed E-state index contributed by atoms with van der Waals surface area (Å²) in [5, 5.41) is 9.01. The van der Waals surface area contributed by atoms with E-state index in [1.807, 2.05) is 30.3 Å². The molecule has 1 saturated heterocycles. The number of para-hydroxylation sites is 1. The Morgan fingerprint density at radius 3 is 2.50 bits per heavy atom. The number of hydrogen-bond acceptors (Lipinski definition) is 4. The van der Waals surface area contributed by atoms with E-state index in [1.54, 1.807) is 4.90 Å². The van der Waals surface area contributed by atoms with Crippen LogP contribution in [-0.4, -0.2) is 46.1 Å². The predicted molar refractivity (Wildman–Crippen MR) is 87.2 cm³/mol. The Bertz CT molecular complexity index is 725. The van der Waals surface area contributed by atoms with Crippen LogP contribution < -0.4 is 4.74 Å². The molecule has 124 valence electrons. The number of carboxylic acid groups (broad SMARTS) is 1. The average molecular weight is 326 g/mol. The highest BCUT2D eigenvalue weighted by atomic mass is 16.5. The summed E-state index contributed by atoms with van der Waals surface area (Å²) in [6.45, 7) is 1.13. The van der Waals surface area contributed by atoms with E-state index in [0.29, 0.717) is 13.1 Å². The molecule has 3 rings (SSSR count). The second kappa shape index (κ2) is 7.12. The first-order chi connectivity index (χ1) is 11.6. The monoisotopic (exact) mass is 326 g/mol. The number of benzene rings is 1. The lowest BCUT2D eigenvalue weighted by molar-refractivity contribution is 0.0590. The molecular weight excluding hydrogens is 308 g/mol. The zero-order valence-corrected chi connectivity index (χ0v) is 13.1. The number of amides is 1. The molecule has 1 aromatic carbocycles. The Morgan fingerprint density at radius 2 is 1.83 bits per heavy atom. The highest BCUT2D eigenvalue weighted by Gasteiger charge is 2.25. The molecule has 0 unspecified atom stereocenters. The Labute approximate surface area is 139 Å². The van der Waals surface area contributed by atoms with Gasteiger partial charge in [0.1, 0.15) is 17.5 Å². The SMILES string of the molecule is O=C(O)c1ccnc(C(=O)N2CCC(Oc3ccccc3)CC2)c1. The quantitative estimate of drug-likeness (QED) is 0.933. The van der Waals surface area contributed by atoms with Crippen LogP contribution in [0.4, 0.5) is 0 Å². The molecule has 0 aliphatic carbocycles. The van der Waals surface area contributed by atoms with Crippen LogP contribution in [0.5, 0.6) is 5.75 Å². The number of aromatic carboxylic acids is 1. The highest BCUT2D eigenvalue weighted by molar-refractivity contribution is 5.95. The number of carbonyl (C=O) groups excluding carboxylic acids is 1. The van der Waals surface area contributed by atoms with E-state index < -0.39 is 5.97 Å². The first-order valence-electron chi connectivity index (χ1n) is 7.84. The van der Waals surface area contributed by atoms with Crippen molar-refractivity contribution in [2.45, 2.75) is 18.9 Å². The molecule has 1 amide bonds. The number of carboxylic acids is 1. The third kappa shape index (κ3) is 3.71. The summed E-state index contributed by atoms with van der Waals surface area (Å²) in [4.78, 5) is 29.2. The molecule has 24 heavy (non-hydrogen) atoms. The molecule has 2 heterocycles. The minimum absolute atomic E-state index is 0.0654. The lowest BCUT2D eigenvalue weighted by Gasteiger charge is -2.32. The molecule has 1 fully saturated rings. The first-order valence-corrected chi connectivity index (χ1v) is 7.84. The Hall–Kier alpha value is -2.89. The van der Waals surface area contributed by atoms with Crippen molar-refractivity contribution in [2.24, 2.45) is 0 Å². The minimum Gasteiger partial charge on any atom is -0.490 e. The van der Waals surface area contributed by atoms with Crippen molar-refractivity contribution < 1.29 is 19.4 Å². The molecule has 2 aromatic rings. The number of likely N-dealkylation sites (tertiary alicyclic amines) is 1. The van der Waals surface area contributed by atoms with Gasteiger partial charge in [0, 0.05) is 32.1 Å². The Morgan fingerprint density at radius 1 is 1.12 bits per heavy atom. The van der Waals surface area contributed by atoms with Gasteiger partial charge in [0.25, 0.3) is 5.91 Å². The van der Waals surface area contributed by atoms with Gasteiger partial charge < -0.3 is 14.7 Å². The number of rotatable bonds is 4. The van der Waals surface area contributed by atoms with E-state index in [4.69, 9.17) is 9.84 Å². The van der Waals surface area contributed by atoms with Gasteiger partial charge in [0.2, 0.25) is 0 Å². The fourth-order valence-electron chi connectivity index (χ4n) is 2.71. The smallest absolute Gasteiger partial charge is 0.335 e. The molecular formula is C18H18N2O4. The summed E-state index contributed by atoms with van der Waals surface area (Å²) in [6.07, 6.45) is 2.90. The van der Waals surface area contributed by atoms with Gasteiger partial charge in [0.05, 0.1) is 5.56 Å². The summed E-state index contributed by atoms with van der Waals surface area (Å²) in [6, 6.07) is 12.3. The molecule has 0 saturated carbocycles. The third-order valence-corrected chi connectivity index (χ3v) is 4.00. The van der Waals surface area contributed by atoms with Crippen molar-refractivity contribution in [3.63, 3.8) is 0 Å². The maximum Gasteiger partial charge on any atom is 0.335 e. The van der Waals surface area contributed by atoms with Crippen molar-refractivity contribution in [1.82, 2.24) is 9.88 Å². The van der Waals surface area contributed by atoms with E-state index in [1.165, 1.54) is 18.3 Å². The maximum atomic E-state index is 12.5. The number of piperidine rings is 1. The second-order valence-corrected chi connectivity index (χ2v) is 5.66. The van der Waals surface area contributed by atoms with Crippen LogP contribution in [0.1, 0.15) is 33.7 Å². The van der Waals surface area contributed by atoms with Crippen molar-refractivity contribution in [1.29, 1.82) is 0 Å². The van der Waals surface area contributed by atoms with Gasteiger partial charge in [-0.3, -0.25) is 9.78 Å². The van der Waals surface area contributed by atoms with Gasteiger partial charge in [-0.1, -0.05) is 18.2 Å². The Balaban J connectivity index is 1.59. The van der Waals surface area contributed by atoms with Gasteiger partial charge in [-0.25, -0.2) is 4.79 Å². The van der Waals surface area contributed by atoms with Crippen LogP contribution in [0, 0.1) is 0 Å². The minimum atomic E-state index is -1.07. The predicted octanol–water partition coefficient (Wildman–Crippen LogP) is 2.46. The van der Waals surface area contributed by atoms with Gasteiger partial charge in [-0.2, -0.15) is 0 Å². The summed E-state index contributed by atoms with van der Waals surface area (Å²) in [5.41, 5.74) is 0.230. The van der Waals surface area contributed by atoms with Crippen molar-refractivity contribution in [3.8, 4) is 5.75 Å². The van der Waals surface area contributed by atoms with E-state index >= 15 is 0 Å². The van der Waals surface area contributed by atoms with Crippen molar-refractivity contribution >= 4 is 11.9 Å². The van der Waals surface area contributed by atoms with Crippen molar-refractivity contribution in [2.75, 3.05) is 13.1 Å². The molecule has 0 atom stereocenters. The molecule has 6 nitrogen and oxygen atoms in total. The van der Waals surface area contributed by atoms with Gasteiger partial charge >= 0.3 is 5.97 Å². The van der Waals surface area contributed by atoms with E-state index in [0.717, 1.165) is 18.6 Å². The van der Waals surface area contributed by atoms with Crippen LogP contribution in [0.15, 0.2) is 48.7 Å². The highest BCUT2D eigenvalue weighted by Crippen LogP contribution is 2.19. The van der Waals surface area contributed by atoms with Gasteiger partial charge in [-0.15, -0.1) is 0 Å². The molecule has 1 aliphatic heterocycles. The number of carbonyl (C=O) groups is 2. The van der Waals surface area contributed by atoms with Gasteiger partial charge in [0.15, 0.2) is 0 Å². The lowest BCUT2D eigenvalue weighted by Crippen LogP contribution is -2.42. The van der Waals surface area contributed by atoms with Crippen LogP contribution in [0.2, 0.25) is 0 Å². The number of aromatic nitrogens is 1. The number of pyridine rings is 1. The number of hydrogen-bond donors (Lipinski definition) is 1. The topological polar surface area (TPSA) is 79.7 Å². The number of ether oxygens (including phenoxy) is 1. The summed E-state index contributed by atoms with van der Waals surface area (Å²) in [7, 11) is 0. The fourth-order valence-corrected chi connectivity index (χ4v) is 2.71. The summed E-state index contributed by atoms with van der Waals surface area (Å²) >= 11 is 0. The van der Waals surface area contributed by atoms with Gasteiger partial charge in [-0.05, 0) is 24.3 Å². The van der Waals surface area contributed by atoms with E-state index in [2.05, 4.69) is 4.98 Å². The second-order valence-electron chi connectivity index (χ2n) is 5.66. The number of nitrogens with zero attached hydrogens (tertiary/aromatic N) is 2. The molecule has 1 N–H and O–H groups in total. The lowest BCUT2D eigenvalue weighted by atomic mass is 10.1. The third-order valence-electron chi connectivity index (χ3n) is 4.00. The normalized spacial score (nSPS) is 15.1. The zero-order valence-electron chi connectivity index (χ0n) is 13.1. The Kier molecular flexibility index (Phi) is 4.74. The van der Waals surface area contributed by atoms with Crippen molar-refractivity contribution in [3.05, 3.63) is 59.9 Å². The standard InChI is InChI=1S/C18H18N2O4/c21-17(16-12-13(18(22)23)6-9-19-16)20-10-7-15(8-11-20)24-14-4-2-1-3-5-14/h1-6,9,12,15H,7-8,10-11H2,(H,22,23). The summed E-state index contributed by atoms with van der Waals surface area (Å²) < 4.78 is 5.91. The first kappa shape index (κ1) is 16.0. The molecule has 0 bridgehead atoms. The molecule has 0 spiro atoms. The van der Waals surface area contributed by atoms with Crippen LogP contribution in [0.25, 0.3) is 0 Å². The van der Waals surface area contributed by atoms with Crippen LogP contribution in [-0.2, 0) is 0 Å². The fraction of sp³-hybridized carbons (Fsp3) is 0.278. The van der Waals surface area contributed by atoms with Crippen LogP contribution >= 0.6 is 0 Å². The summed E-state index contributed by atoms with van der Waals surface area (Å²) in [5.74, 6) is -0.476. The molecule has 6 heteroatoms. The molecule has 1 aliphatic rings. The average Bonchev–Trinajstić information content (AvgIpc) is 2.63. The maximum absolute atomic E-state index is 12.5.